The van der Waals surface area contributed by atoms with Gasteiger partial charge in [-0.05, 0) is 55.5 Å². The molecule has 0 radical (unpaired) electrons. The van der Waals surface area contributed by atoms with E-state index in [9.17, 15) is 17.6 Å². The van der Waals surface area contributed by atoms with Crippen LogP contribution in [0.5, 0.6) is 11.5 Å². The fraction of sp³-hybridized carbons (Fsp3) is 0.350. The van der Waals surface area contributed by atoms with Crippen molar-refractivity contribution in [2.45, 2.75) is 11.8 Å². The minimum absolute atomic E-state index is 0.0394. The van der Waals surface area contributed by atoms with Crippen molar-refractivity contribution in [3.05, 3.63) is 54.3 Å². The van der Waals surface area contributed by atoms with E-state index in [1.165, 1.54) is 16.4 Å². The van der Waals surface area contributed by atoms with Gasteiger partial charge in [-0.1, -0.05) is 0 Å². The molecule has 3 rings (SSSR count). The minimum atomic E-state index is -3.71. The maximum atomic E-state index is 13.0. The largest absolute Gasteiger partial charge is 0.494 e. The van der Waals surface area contributed by atoms with Gasteiger partial charge in [-0.3, -0.25) is 4.79 Å². The van der Waals surface area contributed by atoms with Crippen LogP contribution < -0.4 is 9.47 Å². The predicted molar refractivity (Wildman–Crippen MR) is 105 cm³/mol. The summed E-state index contributed by atoms with van der Waals surface area (Å²) in [6, 6.07) is 11.7. The van der Waals surface area contributed by atoms with Gasteiger partial charge in [0.05, 0.1) is 11.5 Å². The van der Waals surface area contributed by atoms with Crippen LogP contribution in [0.25, 0.3) is 0 Å². The number of ether oxygens (including phenoxy) is 2. The average Bonchev–Trinajstić information content (AvgIpc) is 2.73. The minimum Gasteiger partial charge on any atom is -0.494 e. The van der Waals surface area contributed by atoms with Crippen molar-refractivity contribution in [3.8, 4) is 11.5 Å². The van der Waals surface area contributed by atoms with E-state index >= 15 is 0 Å². The van der Waals surface area contributed by atoms with Crippen LogP contribution in [-0.4, -0.2) is 62.9 Å². The Hall–Kier alpha value is -2.65. The van der Waals surface area contributed by atoms with Crippen LogP contribution >= 0.6 is 0 Å². The fourth-order valence-electron chi connectivity index (χ4n) is 2.97. The molecular formula is C20H23FN2O5S. The monoisotopic (exact) mass is 422 g/mol. The zero-order chi connectivity index (χ0) is 20.9. The zero-order valence-electron chi connectivity index (χ0n) is 16.1. The number of carbonyl (C=O) groups excluding carboxylic acids is 1. The maximum absolute atomic E-state index is 13.0. The summed E-state index contributed by atoms with van der Waals surface area (Å²) in [6.45, 7) is 3.23. The molecule has 1 amide bonds. The molecule has 29 heavy (non-hydrogen) atoms. The summed E-state index contributed by atoms with van der Waals surface area (Å²) in [5.74, 6) is 0.577. The standard InChI is InChI=1S/C20H23FN2O5S/c1-2-27-17-5-7-18(8-6-17)28-15-20(24)22-11-13-23(14-12-22)29(25,26)19-9-3-16(21)4-10-19/h3-10H,2,11-15H2,1H3. The first-order valence-electron chi connectivity index (χ1n) is 9.29. The highest BCUT2D eigenvalue weighted by atomic mass is 32.2. The molecule has 0 saturated carbocycles. The van der Waals surface area contributed by atoms with Crippen LogP contribution in [0.15, 0.2) is 53.4 Å². The molecule has 2 aromatic rings. The van der Waals surface area contributed by atoms with E-state index in [0.29, 0.717) is 12.4 Å². The van der Waals surface area contributed by atoms with Gasteiger partial charge in [0.25, 0.3) is 5.91 Å². The Morgan fingerprint density at radius 3 is 2.03 bits per heavy atom. The van der Waals surface area contributed by atoms with Gasteiger partial charge in [-0.2, -0.15) is 4.31 Å². The first-order valence-corrected chi connectivity index (χ1v) is 10.7. The number of carbonyl (C=O) groups is 1. The molecule has 1 saturated heterocycles. The lowest BCUT2D eigenvalue weighted by atomic mass is 10.3. The number of amides is 1. The SMILES string of the molecule is CCOc1ccc(OCC(=O)N2CCN(S(=O)(=O)c3ccc(F)cc3)CC2)cc1. The molecular weight excluding hydrogens is 399 g/mol. The molecule has 0 spiro atoms. The Labute approximate surface area is 169 Å². The lowest BCUT2D eigenvalue weighted by Crippen LogP contribution is -2.51. The molecule has 0 aromatic heterocycles. The van der Waals surface area contributed by atoms with Crippen molar-refractivity contribution in [3.63, 3.8) is 0 Å². The summed E-state index contributed by atoms with van der Waals surface area (Å²) in [7, 11) is -3.71. The molecule has 1 aliphatic rings. The molecule has 0 unspecified atom stereocenters. The lowest BCUT2D eigenvalue weighted by molar-refractivity contribution is -0.134. The molecule has 1 aliphatic heterocycles. The van der Waals surface area contributed by atoms with E-state index in [2.05, 4.69) is 0 Å². The highest BCUT2D eigenvalue weighted by Gasteiger charge is 2.30. The molecule has 0 N–H and O–H groups in total. The Bertz CT molecular complexity index is 924. The molecule has 0 aliphatic carbocycles. The van der Waals surface area contributed by atoms with Crippen molar-refractivity contribution in [2.75, 3.05) is 39.4 Å². The van der Waals surface area contributed by atoms with Gasteiger partial charge in [0.1, 0.15) is 17.3 Å². The van der Waals surface area contributed by atoms with Crippen molar-refractivity contribution >= 4 is 15.9 Å². The number of hydrogen-bond acceptors (Lipinski definition) is 5. The first kappa shape index (κ1) is 21.1. The number of halogens is 1. The van der Waals surface area contributed by atoms with Gasteiger partial charge < -0.3 is 14.4 Å². The zero-order valence-corrected chi connectivity index (χ0v) is 16.9. The average molecular weight is 422 g/mol. The van der Waals surface area contributed by atoms with Gasteiger partial charge in [0.15, 0.2) is 6.61 Å². The van der Waals surface area contributed by atoms with Gasteiger partial charge in [-0.15, -0.1) is 0 Å². The molecule has 156 valence electrons. The topological polar surface area (TPSA) is 76.2 Å². The molecule has 9 heteroatoms. The Morgan fingerprint density at radius 1 is 0.931 bits per heavy atom. The number of hydrogen-bond donors (Lipinski definition) is 0. The van der Waals surface area contributed by atoms with Crippen molar-refractivity contribution in [1.82, 2.24) is 9.21 Å². The van der Waals surface area contributed by atoms with Gasteiger partial charge >= 0.3 is 0 Å². The van der Waals surface area contributed by atoms with E-state index in [4.69, 9.17) is 9.47 Å². The third-order valence-corrected chi connectivity index (χ3v) is 6.45. The second-order valence-corrected chi connectivity index (χ2v) is 8.37. The molecule has 1 fully saturated rings. The number of rotatable bonds is 7. The predicted octanol–water partition coefficient (Wildman–Crippen LogP) is 2.14. The summed E-state index contributed by atoms with van der Waals surface area (Å²) in [6.07, 6.45) is 0. The van der Waals surface area contributed by atoms with Gasteiger partial charge in [0, 0.05) is 26.2 Å². The Balaban J connectivity index is 1.50. The summed E-state index contributed by atoms with van der Waals surface area (Å²) in [4.78, 5) is 14.0. The van der Waals surface area contributed by atoms with Crippen LogP contribution in [0.2, 0.25) is 0 Å². The lowest BCUT2D eigenvalue weighted by Gasteiger charge is -2.34. The second-order valence-electron chi connectivity index (χ2n) is 6.43. The quantitative estimate of drug-likeness (QED) is 0.683. The maximum Gasteiger partial charge on any atom is 0.260 e. The van der Waals surface area contributed by atoms with Crippen molar-refractivity contribution in [2.24, 2.45) is 0 Å². The van der Waals surface area contributed by atoms with E-state index in [1.54, 1.807) is 29.2 Å². The summed E-state index contributed by atoms with van der Waals surface area (Å²) in [5, 5.41) is 0. The Kier molecular flexibility index (Phi) is 6.71. The summed E-state index contributed by atoms with van der Waals surface area (Å²) >= 11 is 0. The van der Waals surface area contributed by atoms with Crippen LogP contribution in [-0.2, 0) is 14.8 Å². The van der Waals surface area contributed by atoms with Crippen LogP contribution in [0.1, 0.15) is 6.92 Å². The van der Waals surface area contributed by atoms with E-state index in [1.807, 2.05) is 6.92 Å². The van der Waals surface area contributed by atoms with Crippen LogP contribution in [0, 0.1) is 5.82 Å². The van der Waals surface area contributed by atoms with Crippen LogP contribution in [0.4, 0.5) is 4.39 Å². The highest BCUT2D eigenvalue weighted by molar-refractivity contribution is 7.89. The van der Waals surface area contributed by atoms with Gasteiger partial charge in [-0.25, -0.2) is 12.8 Å². The normalized spacial score (nSPS) is 15.2. The molecule has 0 bridgehead atoms. The third-order valence-electron chi connectivity index (χ3n) is 4.54. The third kappa shape index (κ3) is 5.24. The molecule has 2 aromatic carbocycles. The first-order chi connectivity index (χ1) is 13.9. The number of benzene rings is 2. The van der Waals surface area contributed by atoms with E-state index in [0.717, 1.165) is 17.9 Å². The van der Waals surface area contributed by atoms with E-state index < -0.39 is 15.8 Å². The van der Waals surface area contributed by atoms with Crippen molar-refractivity contribution < 1.29 is 27.1 Å². The number of nitrogens with zero attached hydrogens (tertiary/aromatic N) is 2. The number of sulfonamides is 1. The smallest absolute Gasteiger partial charge is 0.260 e. The van der Waals surface area contributed by atoms with Crippen molar-refractivity contribution in [1.29, 1.82) is 0 Å². The fourth-order valence-corrected chi connectivity index (χ4v) is 4.39. The highest BCUT2D eigenvalue weighted by Crippen LogP contribution is 2.19. The Morgan fingerprint density at radius 2 is 1.48 bits per heavy atom. The number of piperazine rings is 1. The summed E-state index contributed by atoms with van der Waals surface area (Å²) < 4.78 is 50.5. The molecule has 0 atom stereocenters. The summed E-state index contributed by atoms with van der Waals surface area (Å²) in [5.41, 5.74) is 0. The van der Waals surface area contributed by atoms with Gasteiger partial charge in [0.2, 0.25) is 10.0 Å². The molecule has 1 heterocycles. The van der Waals surface area contributed by atoms with E-state index in [-0.39, 0.29) is 43.6 Å². The second kappa shape index (κ2) is 9.23. The van der Waals surface area contributed by atoms with Crippen LogP contribution in [0.3, 0.4) is 0 Å². The molecule has 7 nitrogen and oxygen atoms in total.